The molecule has 0 aliphatic rings. The van der Waals surface area contributed by atoms with Crippen LogP contribution in [0, 0.1) is 5.82 Å². The number of nitrogens with one attached hydrogen (secondary N) is 1. The molecular formula is C13H14FN3. The minimum atomic E-state index is -0.231. The van der Waals surface area contributed by atoms with Gasteiger partial charge in [0.05, 0.1) is 11.9 Å². The fourth-order valence-corrected chi connectivity index (χ4v) is 1.66. The second-order valence-corrected chi connectivity index (χ2v) is 3.67. The highest BCUT2D eigenvalue weighted by Gasteiger charge is 2.07. The van der Waals surface area contributed by atoms with Crippen LogP contribution in [0.15, 0.2) is 36.8 Å². The fraction of sp³-hybridized carbons (Fsp3) is 0.231. The first kappa shape index (κ1) is 11.7. The van der Waals surface area contributed by atoms with Crippen molar-refractivity contribution >= 4 is 0 Å². The Labute approximate surface area is 99.7 Å². The highest BCUT2D eigenvalue weighted by Crippen LogP contribution is 2.21. The third kappa shape index (κ3) is 2.85. The summed E-state index contributed by atoms with van der Waals surface area (Å²) < 4.78 is 13.2. The van der Waals surface area contributed by atoms with Gasteiger partial charge in [0.15, 0.2) is 0 Å². The molecular weight excluding hydrogens is 217 g/mol. The first-order chi connectivity index (χ1) is 8.31. The molecule has 0 spiro atoms. The molecule has 0 saturated heterocycles. The zero-order valence-electron chi connectivity index (χ0n) is 9.65. The molecule has 0 saturated carbocycles. The van der Waals surface area contributed by atoms with Gasteiger partial charge in [-0.25, -0.2) is 4.39 Å². The van der Waals surface area contributed by atoms with Gasteiger partial charge in [0.25, 0.3) is 0 Å². The quantitative estimate of drug-likeness (QED) is 0.878. The molecule has 2 aromatic rings. The summed E-state index contributed by atoms with van der Waals surface area (Å²) in [7, 11) is 0. The SMILES string of the molecule is CCNCc1cc(F)ccc1-c1cnccn1. The molecule has 0 bridgehead atoms. The molecule has 4 heteroatoms. The Bertz CT molecular complexity index is 485. The minimum absolute atomic E-state index is 0.231. The predicted molar refractivity (Wildman–Crippen MR) is 64.8 cm³/mol. The average Bonchev–Trinajstić information content (AvgIpc) is 2.37. The van der Waals surface area contributed by atoms with Gasteiger partial charge >= 0.3 is 0 Å². The first-order valence-electron chi connectivity index (χ1n) is 5.56. The van der Waals surface area contributed by atoms with E-state index in [-0.39, 0.29) is 5.82 Å². The second-order valence-electron chi connectivity index (χ2n) is 3.67. The number of hydrogen-bond donors (Lipinski definition) is 1. The Balaban J connectivity index is 2.39. The van der Waals surface area contributed by atoms with Gasteiger partial charge in [-0.3, -0.25) is 9.97 Å². The summed E-state index contributed by atoms with van der Waals surface area (Å²) in [6.07, 6.45) is 4.94. The van der Waals surface area contributed by atoms with Gasteiger partial charge in [-0.1, -0.05) is 6.92 Å². The summed E-state index contributed by atoms with van der Waals surface area (Å²) in [6.45, 7) is 3.48. The Hall–Kier alpha value is -1.81. The van der Waals surface area contributed by atoms with Gasteiger partial charge in [0.2, 0.25) is 0 Å². The van der Waals surface area contributed by atoms with E-state index in [0.29, 0.717) is 6.54 Å². The van der Waals surface area contributed by atoms with Crippen LogP contribution in [-0.4, -0.2) is 16.5 Å². The van der Waals surface area contributed by atoms with E-state index in [0.717, 1.165) is 23.4 Å². The molecule has 2 rings (SSSR count). The van der Waals surface area contributed by atoms with Crippen LogP contribution in [0.25, 0.3) is 11.3 Å². The van der Waals surface area contributed by atoms with Gasteiger partial charge in [0, 0.05) is 24.5 Å². The van der Waals surface area contributed by atoms with Crippen molar-refractivity contribution in [2.75, 3.05) is 6.54 Å². The van der Waals surface area contributed by atoms with Gasteiger partial charge < -0.3 is 5.32 Å². The van der Waals surface area contributed by atoms with E-state index in [4.69, 9.17) is 0 Å². The largest absolute Gasteiger partial charge is 0.313 e. The molecule has 0 unspecified atom stereocenters. The molecule has 1 N–H and O–H groups in total. The molecule has 3 nitrogen and oxygen atoms in total. The summed E-state index contributed by atoms with van der Waals surface area (Å²) in [5.74, 6) is -0.231. The molecule has 1 aromatic heterocycles. The molecule has 0 amide bonds. The van der Waals surface area contributed by atoms with Gasteiger partial charge in [-0.15, -0.1) is 0 Å². The van der Waals surface area contributed by atoms with Crippen LogP contribution in [0.2, 0.25) is 0 Å². The van der Waals surface area contributed by atoms with E-state index < -0.39 is 0 Å². The second kappa shape index (κ2) is 5.50. The number of hydrogen-bond acceptors (Lipinski definition) is 3. The van der Waals surface area contributed by atoms with Crippen LogP contribution in [-0.2, 0) is 6.54 Å². The third-order valence-corrected chi connectivity index (χ3v) is 2.47. The van der Waals surface area contributed by atoms with Crippen molar-refractivity contribution in [2.45, 2.75) is 13.5 Å². The minimum Gasteiger partial charge on any atom is -0.313 e. The van der Waals surface area contributed by atoms with Crippen molar-refractivity contribution in [2.24, 2.45) is 0 Å². The lowest BCUT2D eigenvalue weighted by atomic mass is 10.0. The summed E-state index contributed by atoms with van der Waals surface area (Å²) in [5, 5.41) is 3.19. The van der Waals surface area contributed by atoms with E-state index in [9.17, 15) is 4.39 Å². The van der Waals surface area contributed by atoms with E-state index in [1.165, 1.54) is 12.1 Å². The van der Waals surface area contributed by atoms with E-state index in [1.54, 1.807) is 24.7 Å². The number of rotatable bonds is 4. The maximum absolute atomic E-state index is 13.2. The molecule has 88 valence electrons. The van der Waals surface area contributed by atoms with Crippen LogP contribution in [0.5, 0.6) is 0 Å². The molecule has 0 radical (unpaired) electrons. The summed E-state index contributed by atoms with van der Waals surface area (Å²) in [4.78, 5) is 8.26. The topological polar surface area (TPSA) is 37.8 Å². The van der Waals surface area contributed by atoms with Crippen molar-refractivity contribution in [1.82, 2.24) is 15.3 Å². The Morgan fingerprint density at radius 3 is 2.88 bits per heavy atom. The average molecular weight is 231 g/mol. The Morgan fingerprint density at radius 1 is 1.29 bits per heavy atom. The van der Waals surface area contributed by atoms with E-state index >= 15 is 0 Å². The van der Waals surface area contributed by atoms with Crippen molar-refractivity contribution < 1.29 is 4.39 Å². The molecule has 1 aromatic carbocycles. The zero-order chi connectivity index (χ0) is 12.1. The van der Waals surface area contributed by atoms with Gasteiger partial charge in [0.1, 0.15) is 5.82 Å². The fourth-order valence-electron chi connectivity index (χ4n) is 1.66. The van der Waals surface area contributed by atoms with E-state index in [1.807, 2.05) is 6.92 Å². The first-order valence-corrected chi connectivity index (χ1v) is 5.56. The molecule has 0 aliphatic heterocycles. The van der Waals surface area contributed by atoms with Crippen molar-refractivity contribution in [1.29, 1.82) is 0 Å². The van der Waals surface area contributed by atoms with Crippen LogP contribution in [0.4, 0.5) is 4.39 Å². The standard InChI is InChI=1S/C13H14FN3/c1-2-15-8-10-7-11(14)3-4-12(10)13-9-16-5-6-17-13/h3-7,9,15H,2,8H2,1H3. The molecule has 1 heterocycles. The third-order valence-electron chi connectivity index (χ3n) is 2.47. The maximum atomic E-state index is 13.2. The molecule has 0 fully saturated rings. The van der Waals surface area contributed by atoms with E-state index in [2.05, 4.69) is 15.3 Å². The van der Waals surface area contributed by atoms with Crippen LogP contribution in [0.1, 0.15) is 12.5 Å². The number of benzene rings is 1. The summed E-state index contributed by atoms with van der Waals surface area (Å²) in [5.41, 5.74) is 2.58. The smallest absolute Gasteiger partial charge is 0.123 e. The lowest BCUT2D eigenvalue weighted by Gasteiger charge is -2.09. The summed E-state index contributed by atoms with van der Waals surface area (Å²) >= 11 is 0. The number of nitrogens with zero attached hydrogens (tertiary/aromatic N) is 2. The molecule has 0 atom stereocenters. The monoisotopic (exact) mass is 231 g/mol. The zero-order valence-corrected chi connectivity index (χ0v) is 9.65. The number of halogens is 1. The predicted octanol–water partition coefficient (Wildman–Crippen LogP) is 2.39. The van der Waals surface area contributed by atoms with Crippen molar-refractivity contribution in [3.63, 3.8) is 0 Å². The highest BCUT2D eigenvalue weighted by atomic mass is 19.1. The summed E-state index contributed by atoms with van der Waals surface area (Å²) in [6, 6.07) is 4.72. The lowest BCUT2D eigenvalue weighted by Crippen LogP contribution is -2.12. The maximum Gasteiger partial charge on any atom is 0.123 e. The normalized spacial score (nSPS) is 10.5. The molecule has 17 heavy (non-hydrogen) atoms. The van der Waals surface area contributed by atoms with Crippen molar-refractivity contribution in [3.05, 3.63) is 48.2 Å². The molecule has 0 aliphatic carbocycles. The van der Waals surface area contributed by atoms with Crippen LogP contribution >= 0.6 is 0 Å². The lowest BCUT2D eigenvalue weighted by molar-refractivity contribution is 0.622. The number of aromatic nitrogens is 2. The van der Waals surface area contributed by atoms with Gasteiger partial charge in [-0.05, 0) is 30.3 Å². The Morgan fingerprint density at radius 2 is 2.18 bits per heavy atom. The highest BCUT2D eigenvalue weighted by molar-refractivity contribution is 5.62. The van der Waals surface area contributed by atoms with Gasteiger partial charge in [-0.2, -0.15) is 0 Å². The Kier molecular flexibility index (Phi) is 3.77. The van der Waals surface area contributed by atoms with Crippen LogP contribution in [0.3, 0.4) is 0 Å². The van der Waals surface area contributed by atoms with Crippen molar-refractivity contribution in [3.8, 4) is 11.3 Å². The van der Waals surface area contributed by atoms with Crippen LogP contribution < -0.4 is 5.32 Å².